The van der Waals surface area contributed by atoms with Gasteiger partial charge in [0.25, 0.3) is 0 Å². The highest BCUT2D eigenvalue weighted by molar-refractivity contribution is 14.1. The summed E-state index contributed by atoms with van der Waals surface area (Å²) in [7, 11) is 3.57. The Labute approximate surface area is 171 Å². The molecule has 0 bridgehead atoms. The zero-order valence-corrected chi connectivity index (χ0v) is 17.4. The minimum absolute atomic E-state index is 0.686. The van der Waals surface area contributed by atoms with Gasteiger partial charge in [0.1, 0.15) is 9.39 Å². The molecule has 0 saturated carbocycles. The molecule has 3 heterocycles. The zero-order valence-electron chi connectivity index (χ0n) is 15.2. The molecule has 1 aromatic carbocycles. The summed E-state index contributed by atoms with van der Waals surface area (Å²) in [4.78, 5) is 11.6. The first-order chi connectivity index (χ1) is 13.2. The molecule has 8 heteroatoms. The van der Waals surface area contributed by atoms with Crippen molar-refractivity contribution in [1.29, 1.82) is 0 Å². The monoisotopic (exact) mass is 477 g/mol. The van der Waals surface area contributed by atoms with Crippen LogP contribution < -0.4 is 9.64 Å². The van der Waals surface area contributed by atoms with Crippen molar-refractivity contribution in [3.63, 3.8) is 0 Å². The molecule has 0 aliphatic carbocycles. The van der Waals surface area contributed by atoms with Crippen LogP contribution in [0.3, 0.4) is 0 Å². The number of methoxy groups -OCH3 is 1. The molecule has 0 amide bonds. The van der Waals surface area contributed by atoms with Gasteiger partial charge in [0.05, 0.1) is 26.0 Å². The maximum atomic E-state index is 5.63. The van der Waals surface area contributed by atoms with Crippen LogP contribution >= 0.6 is 22.6 Å². The molecule has 140 valence electrons. The molecule has 0 N–H and O–H groups in total. The molecule has 0 spiro atoms. The minimum Gasteiger partial charge on any atom is -0.492 e. The summed E-state index contributed by atoms with van der Waals surface area (Å²) >= 11 is 2.21. The molecule has 4 rings (SSSR count). The van der Waals surface area contributed by atoms with Crippen LogP contribution in [-0.2, 0) is 11.8 Å². The molecule has 0 atom stereocenters. The van der Waals surface area contributed by atoms with Crippen molar-refractivity contribution in [1.82, 2.24) is 19.7 Å². The Morgan fingerprint density at radius 1 is 1.11 bits per heavy atom. The van der Waals surface area contributed by atoms with Gasteiger partial charge in [-0.15, -0.1) is 0 Å². The van der Waals surface area contributed by atoms with Gasteiger partial charge in [-0.2, -0.15) is 5.10 Å². The van der Waals surface area contributed by atoms with E-state index >= 15 is 0 Å². The second-order valence-electron chi connectivity index (χ2n) is 6.25. The molecular weight excluding hydrogens is 457 g/mol. The number of rotatable bonds is 4. The highest BCUT2D eigenvalue weighted by atomic mass is 127. The molecule has 27 heavy (non-hydrogen) atoms. The van der Waals surface area contributed by atoms with Crippen LogP contribution in [0.2, 0.25) is 0 Å². The summed E-state index contributed by atoms with van der Waals surface area (Å²) in [5.41, 5.74) is 3.73. The summed E-state index contributed by atoms with van der Waals surface area (Å²) in [6, 6.07) is 10.2. The van der Waals surface area contributed by atoms with Crippen molar-refractivity contribution in [2.24, 2.45) is 7.05 Å². The Morgan fingerprint density at radius 3 is 2.59 bits per heavy atom. The summed E-state index contributed by atoms with van der Waals surface area (Å²) in [5.74, 6) is 1.40. The number of hydrogen-bond donors (Lipinski definition) is 0. The van der Waals surface area contributed by atoms with Gasteiger partial charge < -0.3 is 14.4 Å². The number of ether oxygens (including phenoxy) is 2. The van der Waals surface area contributed by atoms with E-state index < -0.39 is 0 Å². The topological polar surface area (TPSA) is 65.3 Å². The van der Waals surface area contributed by atoms with Gasteiger partial charge in [-0.3, -0.25) is 4.68 Å². The highest BCUT2D eigenvalue weighted by Gasteiger charge is 2.20. The van der Waals surface area contributed by atoms with E-state index in [2.05, 4.69) is 43.6 Å². The van der Waals surface area contributed by atoms with Crippen molar-refractivity contribution in [2.75, 3.05) is 38.3 Å². The third kappa shape index (κ3) is 3.77. The Balaban J connectivity index is 1.79. The van der Waals surface area contributed by atoms with Crippen molar-refractivity contribution in [3.05, 3.63) is 40.2 Å². The number of hydrogen-bond acceptors (Lipinski definition) is 6. The number of aromatic nitrogens is 4. The van der Waals surface area contributed by atoms with Crippen LogP contribution in [0.25, 0.3) is 22.5 Å². The van der Waals surface area contributed by atoms with Crippen LogP contribution in [0.5, 0.6) is 5.75 Å². The lowest BCUT2D eigenvalue weighted by atomic mass is 10.1. The van der Waals surface area contributed by atoms with Crippen LogP contribution in [0, 0.1) is 3.70 Å². The van der Waals surface area contributed by atoms with Crippen LogP contribution in [0.15, 0.2) is 36.5 Å². The quantitative estimate of drug-likeness (QED) is 0.426. The zero-order chi connectivity index (χ0) is 18.8. The SMILES string of the molecule is COc1c(I)nc(N2CCOCC2)nc1-c1cccc(-c2ccn(C)n2)c1. The third-order valence-corrected chi connectivity index (χ3v) is 5.19. The predicted molar refractivity (Wildman–Crippen MR) is 112 cm³/mol. The van der Waals surface area contributed by atoms with Gasteiger partial charge in [-0.25, -0.2) is 9.97 Å². The Bertz CT molecular complexity index is 953. The number of aryl methyl sites for hydroxylation is 1. The van der Waals surface area contributed by atoms with Crippen LogP contribution in [0.4, 0.5) is 5.95 Å². The molecule has 1 aliphatic rings. The lowest BCUT2D eigenvalue weighted by Crippen LogP contribution is -2.37. The number of anilines is 1. The second-order valence-corrected chi connectivity index (χ2v) is 7.27. The van der Waals surface area contributed by atoms with Gasteiger partial charge in [-0.1, -0.05) is 18.2 Å². The van der Waals surface area contributed by atoms with E-state index in [1.54, 1.807) is 11.8 Å². The van der Waals surface area contributed by atoms with Gasteiger partial charge in [0.2, 0.25) is 5.95 Å². The molecule has 0 radical (unpaired) electrons. The molecule has 2 aromatic heterocycles. The van der Waals surface area contributed by atoms with Gasteiger partial charge >= 0.3 is 0 Å². The van der Waals surface area contributed by atoms with E-state index in [0.717, 1.165) is 39.3 Å². The fraction of sp³-hybridized carbons (Fsp3) is 0.316. The van der Waals surface area contributed by atoms with E-state index in [9.17, 15) is 0 Å². The summed E-state index contributed by atoms with van der Waals surface area (Å²) < 4.78 is 13.7. The lowest BCUT2D eigenvalue weighted by Gasteiger charge is -2.27. The summed E-state index contributed by atoms with van der Waals surface area (Å²) in [6.07, 6.45) is 1.94. The molecule has 1 aliphatic heterocycles. The molecule has 3 aromatic rings. The van der Waals surface area contributed by atoms with E-state index in [1.165, 1.54) is 0 Å². The summed E-state index contributed by atoms with van der Waals surface area (Å²) in [5, 5.41) is 4.50. The number of morpholine rings is 1. The first kappa shape index (κ1) is 18.2. The highest BCUT2D eigenvalue weighted by Crippen LogP contribution is 2.35. The predicted octanol–water partition coefficient (Wildman–Crippen LogP) is 2.99. The van der Waals surface area contributed by atoms with E-state index in [1.807, 2.05) is 37.5 Å². The molecule has 7 nitrogen and oxygen atoms in total. The van der Waals surface area contributed by atoms with Crippen molar-refractivity contribution in [2.45, 2.75) is 0 Å². The molecular formula is C19H20IN5O2. The summed E-state index contributed by atoms with van der Waals surface area (Å²) in [6.45, 7) is 2.96. The number of benzene rings is 1. The van der Waals surface area contributed by atoms with Crippen molar-refractivity contribution < 1.29 is 9.47 Å². The minimum atomic E-state index is 0.686. The average molecular weight is 477 g/mol. The number of nitrogens with zero attached hydrogens (tertiary/aromatic N) is 5. The molecule has 1 fully saturated rings. The third-order valence-electron chi connectivity index (χ3n) is 4.46. The average Bonchev–Trinajstić information content (AvgIpc) is 3.14. The van der Waals surface area contributed by atoms with E-state index in [0.29, 0.717) is 24.9 Å². The Morgan fingerprint density at radius 2 is 1.89 bits per heavy atom. The van der Waals surface area contributed by atoms with Crippen LogP contribution in [-0.4, -0.2) is 53.2 Å². The van der Waals surface area contributed by atoms with Crippen molar-refractivity contribution >= 4 is 28.5 Å². The van der Waals surface area contributed by atoms with Crippen molar-refractivity contribution in [3.8, 4) is 28.3 Å². The van der Waals surface area contributed by atoms with E-state index in [4.69, 9.17) is 14.5 Å². The first-order valence-corrected chi connectivity index (χ1v) is 9.78. The van der Waals surface area contributed by atoms with Gasteiger partial charge in [0.15, 0.2) is 5.75 Å². The standard InChI is InChI=1S/C19H20IN5O2/c1-24-7-6-15(23-24)13-4-3-5-14(12-13)16-17(26-2)18(20)22-19(21-16)25-8-10-27-11-9-25/h3-7,12H,8-11H2,1-2H3. The number of halogens is 1. The van der Waals surface area contributed by atoms with Crippen LogP contribution in [0.1, 0.15) is 0 Å². The maximum Gasteiger partial charge on any atom is 0.227 e. The van der Waals surface area contributed by atoms with Gasteiger partial charge in [-0.05, 0) is 34.7 Å². The fourth-order valence-corrected chi connectivity index (χ4v) is 3.78. The van der Waals surface area contributed by atoms with Gasteiger partial charge in [0, 0.05) is 37.5 Å². The Hall–Kier alpha value is -2.20. The largest absolute Gasteiger partial charge is 0.492 e. The lowest BCUT2D eigenvalue weighted by molar-refractivity contribution is 0.122. The molecule has 0 unspecified atom stereocenters. The van der Waals surface area contributed by atoms with E-state index in [-0.39, 0.29) is 0 Å². The molecule has 1 saturated heterocycles. The smallest absolute Gasteiger partial charge is 0.227 e. The first-order valence-electron chi connectivity index (χ1n) is 8.70. The maximum absolute atomic E-state index is 5.63. The normalized spacial score (nSPS) is 14.4. The Kier molecular flexibility index (Phi) is 5.26. The fourth-order valence-electron chi connectivity index (χ4n) is 3.09. The second kappa shape index (κ2) is 7.81.